The molecule has 0 aliphatic carbocycles. The zero-order chi connectivity index (χ0) is 25.5. The molecular formula is C28H20Cl2N2O4. The van der Waals surface area contributed by atoms with E-state index in [2.05, 4.69) is 10.6 Å². The predicted octanol–water partition coefficient (Wildman–Crippen LogP) is 6.49. The molecule has 0 aliphatic rings. The van der Waals surface area contributed by atoms with Gasteiger partial charge in [0.2, 0.25) is 0 Å². The van der Waals surface area contributed by atoms with Crippen LogP contribution >= 0.6 is 23.2 Å². The Labute approximate surface area is 217 Å². The van der Waals surface area contributed by atoms with Gasteiger partial charge in [-0.25, -0.2) is 0 Å². The van der Waals surface area contributed by atoms with E-state index in [1.807, 2.05) is 6.07 Å². The molecule has 6 nitrogen and oxygen atoms in total. The van der Waals surface area contributed by atoms with E-state index in [4.69, 9.17) is 27.9 Å². The molecule has 0 unspecified atom stereocenters. The number of rotatable bonds is 8. The van der Waals surface area contributed by atoms with Crippen molar-refractivity contribution in [3.63, 3.8) is 0 Å². The summed E-state index contributed by atoms with van der Waals surface area (Å²) in [4.78, 5) is 37.9. The second-order valence-corrected chi connectivity index (χ2v) is 8.58. The molecular weight excluding hydrogens is 499 g/mol. The average molecular weight is 519 g/mol. The fraction of sp³-hybridized carbons (Fsp3) is 0.0357. The van der Waals surface area contributed by atoms with Gasteiger partial charge in [-0.15, -0.1) is 0 Å². The normalized spacial score (nSPS) is 10.4. The number of amides is 2. The van der Waals surface area contributed by atoms with Gasteiger partial charge in [0, 0.05) is 32.4 Å². The van der Waals surface area contributed by atoms with Crippen molar-refractivity contribution in [3.05, 3.63) is 124 Å². The minimum Gasteiger partial charge on any atom is -0.484 e. The molecule has 0 aliphatic heterocycles. The minimum atomic E-state index is -0.455. The third-order valence-electron chi connectivity index (χ3n) is 5.12. The van der Waals surface area contributed by atoms with Crippen molar-refractivity contribution in [2.75, 3.05) is 17.2 Å². The molecule has 180 valence electrons. The van der Waals surface area contributed by atoms with E-state index in [-0.39, 0.29) is 23.9 Å². The van der Waals surface area contributed by atoms with Gasteiger partial charge in [0.15, 0.2) is 12.4 Å². The van der Waals surface area contributed by atoms with E-state index in [0.717, 1.165) is 0 Å². The quantitative estimate of drug-likeness (QED) is 0.261. The number of ketones is 1. The molecule has 0 fully saturated rings. The largest absolute Gasteiger partial charge is 0.484 e. The number of hydrogen-bond acceptors (Lipinski definition) is 4. The molecule has 36 heavy (non-hydrogen) atoms. The smallest absolute Gasteiger partial charge is 0.262 e. The molecule has 4 aromatic rings. The van der Waals surface area contributed by atoms with Crippen LogP contribution in [0.1, 0.15) is 26.3 Å². The van der Waals surface area contributed by atoms with Gasteiger partial charge in [-0.1, -0.05) is 53.5 Å². The molecule has 0 saturated heterocycles. The fourth-order valence-electron chi connectivity index (χ4n) is 3.33. The van der Waals surface area contributed by atoms with Gasteiger partial charge in [-0.3, -0.25) is 14.4 Å². The van der Waals surface area contributed by atoms with Crippen LogP contribution in [-0.4, -0.2) is 24.2 Å². The van der Waals surface area contributed by atoms with Gasteiger partial charge in [-0.2, -0.15) is 0 Å². The topological polar surface area (TPSA) is 84.5 Å². The molecule has 0 saturated carbocycles. The third-order valence-corrected chi connectivity index (χ3v) is 5.61. The van der Waals surface area contributed by atoms with Crippen molar-refractivity contribution in [1.29, 1.82) is 0 Å². The first-order chi connectivity index (χ1) is 17.4. The maximum Gasteiger partial charge on any atom is 0.262 e. The van der Waals surface area contributed by atoms with Crippen molar-refractivity contribution in [3.8, 4) is 5.75 Å². The standard InChI is InChI=1S/C28H20Cl2N2O4/c29-20-8-11-22(12-9-20)31-28(35)19-6-13-23(14-7-19)36-17-26(33)32-25-15-10-21(30)16-24(25)27(34)18-4-2-1-3-5-18/h1-16H,17H2,(H,31,35)(H,32,33). The first-order valence-electron chi connectivity index (χ1n) is 10.9. The second-order valence-electron chi connectivity index (χ2n) is 7.71. The summed E-state index contributed by atoms with van der Waals surface area (Å²) in [6.07, 6.45) is 0. The van der Waals surface area contributed by atoms with Crippen LogP contribution in [0.5, 0.6) is 5.75 Å². The van der Waals surface area contributed by atoms with E-state index in [9.17, 15) is 14.4 Å². The van der Waals surface area contributed by atoms with Gasteiger partial charge in [0.05, 0.1) is 5.69 Å². The summed E-state index contributed by atoms with van der Waals surface area (Å²) in [5, 5.41) is 6.43. The number of carbonyl (C=O) groups excluding carboxylic acids is 3. The molecule has 4 aromatic carbocycles. The maximum absolute atomic E-state index is 12.9. The van der Waals surface area contributed by atoms with Crippen molar-refractivity contribution >= 4 is 52.2 Å². The molecule has 8 heteroatoms. The lowest BCUT2D eigenvalue weighted by atomic mass is 10.0. The molecule has 0 atom stereocenters. The van der Waals surface area contributed by atoms with Gasteiger partial charge in [-0.05, 0) is 66.7 Å². The number of halogens is 2. The molecule has 0 aromatic heterocycles. The number of nitrogens with one attached hydrogen (secondary N) is 2. The zero-order valence-corrected chi connectivity index (χ0v) is 20.3. The first kappa shape index (κ1) is 25.0. The van der Waals surface area contributed by atoms with Gasteiger partial charge >= 0.3 is 0 Å². The van der Waals surface area contributed by atoms with E-state index in [0.29, 0.717) is 38.3 Å². The Bertz CT molecular complexity index is 1390. The molecule has 2 N–H and O–H groups in total. The Morgan fingerprint density at radius 3 is 2.06 bits per heavy atom. The van der Waals surface area contributed by atoms with Gasteiger partial charge < -0.3 is 15.4 Å². The summed E-state index contributed by atoms with van der Waals surface area (Å²) >= 11 is 11.9. The number of hydrogen-bond donors (Lipinski definition) is 2. The van der Waals surface area contributed by atoms with Crippen LogP contribution < -0.4 is 15.4 Å². The molecule has 0 spiro atoms. The highest BCUT2D eigenvalue weighted by molar-refractivity contribution is 6.31. The maximum atomic E-state index is 12.9. The second kappa shape index (κ2) is 11.5. The molecule has 0 bridgehead atoms. The lowest BCUT2D eigenvalue weighted by Gasteiger charge is -2.12. The Morgan fingerprint density at radius 1 is 0.694 bits per heavy atom. The van der Waals surface area contributed by atoms with Crippen molar-refractivity contribution < 1.29 is 19.1 Å². The summed E-state index contributed by atoms with van der Waals surface area (Å²) in [6, 6.07) is 26.5. The summed E-state index contributed by atoms with van der Waals surface area (Å²) in [5.41, 5.74) is 2.13. The van der Waals surface area contributed by atoms with Crippen LogP contribution in [0.25, 0.3) is 0 Å². The van der Waals surface area contributed by atoms with Crippen LogP contribution in [0, 0.1) is 0 Å². The van der Waals surface area contributed by atoms with Crippen LogP contribution in [0.3, 0.4) is 0 Å². The summed E-state index contributed by atoms with van der Waals surface area (Å²) in [6.45, 7) is -0.294. The molecule has 0 heterocycles. The van der Waals surface area contributed by atoms with Crippen LogP contribution in [0.4, 0.5) is 11.4 Å². The average Bonchev–Trinajstić information content (AvgIpc) is 2.90. The highest BCUT2D eigenvalue weighted by atomic mass is 35.5. The number of ether oxygens (including phenoxy) is 1. The van der Waals surface area contributed by atoms with Crippen LogP contribution in [0.15, 0.2) is 97.1 Å². The lowest BCUT2D eigenvalue weighted by Crippen LogP contribution is -2.21. The number of carbonyl (C=O) groups is 3. The minimum absolute atomic E-state index is 0.262. The van der Waals surface area contributed by atoms with Gasteiger partial charge in [0.25, 0.3) is 11.8 Å². The number of benzene rings is 4. The van der Waals surface area contributed by atoms with Gasteiger partial charge in [0.1, 0.15) is 5.75 Å². The molecule has 4 rings (SSSR count). The Hall–Kier alpha value is -4.13. The number of anilines is 2. The van der Waals surface area contributed by atoms with E-state index in [1.54, 1.807) is 84.9 Å². The first-order valence-corrected chi connectivity index (χ1v) is 11.6. The summed E-state index contributed by atoms with van der Waals surface area (Å²) in [7, 11) is 0. The predicted molar refractivity (Wildman–Crippen MR) is 141 cm³/mol. The van der Waals surface area contributed by atoms with Crippen LogP contribution in [-0.2, 0) is 4.79 Å². The summed E-state index contributed by atoms with van der Waals surface area (Å²) < 4.78 is 5.55. The highest BCUT2D eigenvalue weighted by Crippen LogP contribution is 2.24. The highest BCUT2D eigenvalue weighted by Gasteiger charge is 2.16. The summed E-state index contributed by atoms with van der Waals surface area (Å²) in [5.74, 6) is -0.601. The Balaban J connectivity index is 1.36. The fourth-order valence-corrected chi connectivity index (χ4v) is 3.63. The molecule has 0 radical (unpaired) electrons. The van der Waals surface area contributed by atoms with Crippen molar-refractivity contribution in [2.45, 2.75) is 0 Å². The van der Waals surface area contributed by atoms with Crippen LogP contribution in [0.2, 0.25) is 10.0 Å². The van der Waals surface area contributed by atoms with E-state index in [1.165, 1.54) is 6.07 Å². The third kappa shape index (κ3) is 6.50. The van der Waals surface area contributed by atoms with E-state index < -0.39 is 5.91 Å². The SMILES string of the molecule is O=C(COc1ccc(C(=O)Nc2ccc(Cl)cc2)cc1)Nc1ccc(Cl)cc1C(=O)c1ccccc1. The Morgan fingerprint density at radius 2 is 1.36 bits per heavy atom. The van der Waals surface area contributed by atoms with Crippen molar-refractivity contribution in [1.82, 2.24) is 0 Å². The van der Waals surface area contributed by atoms with Crippen molar-refractivity contribution in [2.24, 2.45) is 0 Å². The lowest BCUT2D eigenvalue weighted by molar-refractivity contribution is -0.118. The van der Waals surface area contributed by atoms with E-state index >= 15 is 0 Å². The Kier molecular flexibility index (Phi) is 8.00. The zero-order valence-electron chi connectivity index (χ0n) is 18.8. The monoisotopic (exact) mass is 518 g/mol. The molecule has 2 amide bonds.